The largest absolute Gasteiger partial charge is 0.455 e. The van der Waals surface area contributed by atoms with Gasteiger partial charge in [-0.1, -0.05) is 140 Å². The zero-order valence-electron chi connectivity index (χ0n) is 32.1. The summed E-state index contributed by atoms with van der Waals surface area (Å²) in [6, 6.07) is 78.7. The lowest BCUT2D eigenvalue weighted by Gasteiger charge is -2.26. The Hall–Kier alpha value is -7.88. The summed E-state index contributed by atoms with van der Waals surface area (Å²) >= 11 is 0. The van der Waals surface area contributed by atoms with Crippen molar-refractivity contribution >= 4 is 82.4 Å². The monoisotopic (exact) mass is 752 g/mol. The van der Waals surface area contributed by atoms with Gasteiger partial charge in [-0.3, -0.25) is 0 Å². The van der Waals surface area contributed by atoms with Crippen molar-refractivity contribution in [1.29, 1.82) is 0 Å². The van der Waals surface area contributed by atoms with E-state index in [4.69, 9.17) is 4.42 Å². The molecule has 0 unspecified atom stereocenters. The van der Waals surface area contributed by atoms with Crippen LogP contribution in [-0.4, -0.2) is 4.57 Å². The first kappa shape index (κ1) is 33.3. The molecule has 10 aromatic carbocycles. The second-order valence-corrected chi connectivity index (χ2v) is 15.4. The smallest absolute Gasteiger partial charge is 0.143 e. The Morgan fingerprint density at radius 1 is 0.322 bits per heavy atom. The summed E-state index contributed by atoms with van der Waals surface area (Å²) in [5, 5.41) is 9.55. The maximum Gasteiger partial charge on any atom is 0.143 e. The first-order chi connectivity index (χ1) is 29.2. The van der Waals surface area contributed by atoms with Crippen LogP contribution in [0.2, 0.25) is 0 Å². The molecule has 59 heavy (non-hydrogen) atoms. The maximum atomic E-state index is 6.68. The van der Waals surface area contributed by atoms with Gasteiger partial charge in [0.2, 0.25) is 0 Å². The van der Waals surface area contributed by atoms with E-state index in [9.17, 15) is 0 Å². The number of aromatic nitrogens is 1. The Labute approximate surface area is 341 Å². The Morgan fingerprint density at radius 2 is 0.864 bits per heavy atom. The maximum absolute atomic E-state index is 6.68. The van der Waals surface area contributed by atoms with E-state index < -0.39 is 0 Å². The van der Waals surface area contributed by atoms with E-state index >= 15 is 0 Å². The van der Waals surface area contributed by atoms with Crippen molar-refractivity contribution in [1.82, 2.24) is 4.57 Å². The van der Waals surface area contributed by atoms with Crippen LogP contribution in [0.25, 0.3) is 93.2 Å². The summed E-state index contributed by atoms with van der Waals surface area (Å²) in [7, 11) is 0. The first-order valence-electron chi connectivity index (χ1n) is 20.2. The quantitative estimate of drug-likeness (QED) is 0.169. The van der Waals surface area contributed by atoms with Gasteiger partial charge >= 0.3 is 0 Å². The molecule has 2 aromatic heterocycles. The molecule has 0 aliphatic rings. The number of anilines is 3. The van der Waals surface area contributed by atoms with Crippen LogP contribution in [0.4, 0.5) is 17.1 Å². The van der Waals surface area contributed by atoms with Crippen molar-refractivity contribution in [2.24, 2.45) is 0 Å². The second-order valence-electron chi connectivity index (χ2n) is 15.4. The highest BCUT2D eigenvalue weighted by Gasteiger charge is 2.18. The van der Waals surface area contributed by atoms with Crippen LogP contribution in [0.1, 0.15) is 0 Å². The molecule has 0 bridgehead atoms. The number of nitrogens with zero attached hydrogens (tertiary/aromatic N) is 2. The number of hydrogen-bond acceptors (Lipinski definition) is 2. The molecule has 0 atom stereocenters. The molecule has 276 valence electrons. The zero-order chi connectivity index (χ0) is 38.9. The van der Waals surface area contributed by atoms with E-state index in [0.29, 0.717) is 0 Å². The molecule has 12 rings (SSSR count). The molecule has 0 saturated carbocycles. The van der Waals surface area contributed by atoms with E-state index in [1.165, 1.54) is 49.1 Å². The van der Waals surface area contributed by atoms with Crippen molar-refractivity contribution < 1.29 is 4.42 Å². The predicted octanol–water partition coefficient (Wildman–Crippen LogP) is 15.8. The summed E-state index contributed by atoms with van der Waals surface area (Å²) in [6.07, 6.45) is 0. The van der Waals surface area contributed by atoms with E-state index in [2.05, 4.69) is 228 Å². The van der Waals surface area contributed by atoms with Crippen molar-refractivity contribution in [2.75, 3.05) is 4.90 Å². The molecule has 3 heteroatoms. The fourth-order valence-electron chi connectivity index (χ4n) is 9.08. The number of fused-ring (bicyclic) bond motifs is 9. The average Bonchev–Trinajstić information content (AvgIpc) is 3.85. The SMILES string of the molecule is c1cc(-c2ccc(N(c3ccc(-c4ccc5ccccc5c4)cc3)c3ccc4c(c3)oc3c5ccccc5ccc43)cc2)cc(-n2c3ccccc3c3ccccc32)c1. The van der Waals surface area contributed by atoms with Gasteiger partial charge in [-0.05, 0) is 111 Å². The minimum atomic E-state index is 0.866. The fourth-order valence-corrected chi connectivity index (χ4v) is 9.08. The summed E-state index contributed by atoms with van der Waals surface area (Å²) in [6.45, 7) is 0. The Balaban J connectivity index is 0.957. The van der Waals surface area contributed by atoms with Gasteiger partial charge < -0.3 is 13.9 Å². The third kappa shape index (κ3) is 5.51. The highest BCUT2D eigenvalue weighted by atomic mass is 16.3. The van der Waals surface area contributed by atoms with Gasteiger partial charge in [-0.15, -0.1) is 0 Å². The Morgan fingerprint density at radius 3 is 1.58 bits per heavy atom. The summed E-state index contributed by atoms with van der Waals surface area (Å²) in [5.41, 5.74) is 13.2. The third-order valence-electron chi connectivity index (χ3n) is 12.0. The van der Waals surface area contributed by atoms with Crippen LogP contribution in [0.15, 0.2) is 223 Å². The first-order valence-corrected chi connectivity index (χ1v) is 20.2. The molecule has 0 saturated heterocycles. The molecule has 0 radical (unpaired) electrons. The van der Waals surface area contributed by atoms with Crippen molar-refractivity contribution in [3.8, 4) is 27.9 Å². The number of furan rings is 1. The van der Waals surface area contributed by atoms with E-state index in [1.807, 2.05) is 0 Å². The summed E-state index contributed by atoms with van der Waals surface area (Å²) < 4.78 is 9.06. The molecule has 12 aromatic rings. The van der Waals surface area contributed by atoms with E-state index in [-0.39, 0.29) is 0 Å². The number of para-hydroxylation sites is 2. The topological polar surface area (TPSA) is 21.3 Å². The third-order valence-corrected chi connectivity index (χ3v) is 12.0. The van der Waals surface area contributed by atoms with E-state index in [1.54, 1.807) is 0 Å². The molecule has 0 aliphatic carbocycles. The molecular weight excluding hydrogens is 717 g/mol. The van der Waals surface area contributed by atoms with Crippen molar-refractivity contribution in [3.05, 3.63) is 218 Å². The van der Waals surface area contributed by atoms with Crippen LogP contribution in [0, 0.1) is 0 Å². The van der Waals surface area contributed by atoms with Crippen LogP contribution in [0.5, 0.6) is 0 Å². The van der Waals surface area contributed by atoms with Gasteiger partial charge in [0.25, 0.3) is 0 Å². The molecule has 0 fully saturated rings. The predicted molar refractivity (Wildman–Crippen MR) is 249 cm³/mol. The summed E-state index contributed by atoms with van der Waals surface area (Å²) in [4.78, 5) is 2.33. The molecule has 0 aliphatic heterocycles. The normalized spacial score (nSPS) is 11.7. The zero-order valence-corrected chi connectivity index (χ0v) is 32.1. The highest BCUT2D eigenvalue weighted by Crippen LogP contribution is 2.41. The van der Waals surface area contributed by atoms with Crippen molar-refractivity contribution in [3.63, 3.8) is 0 Å². The van der Waals surface area contributed by atoms with Gasteiger partial charge in [0, 0.05) is 55.7 Å². The van der Waals surface area contributed by atoms with Crippen LogP contribution in [0.3, 0.4) is 0 Å². The molecular formula is C56H36N2O. The van der Waals surface area contributed by atoms with Gasteiger partial charge in [0.15, 0.2) is 0 Å². The van der Waals surface area contributed by atoms with Crippen LogP contribution >= 0.6 is 0 Å². The standard InChI is InChI=1S/C56H36N2O/c1-2-12-41-34-43(21-20-37(41)10-1)39-24-29-45(30-25-39)57(47-31-33-51-52-32-26-40-11-3-4-15-48(40)56(52)59-55(51)36-47)44-27-22-38(23-28-44)42-13-9-14-46(35-42)58-53-18-7-5-16-49(53)50-17-6-8-19-54(50)58/h1-36H. The Bertz CT molecular complexity index is 3500. The lowest BCUT2D eigenvalue weighted by atomic mass is 10.0. The fraction of sp³-hybridized carbons (Fsp3) is 0. The second kappa shape index (κ2) is 13.4. The number of hydrogen-bond donors (Lipinski definition) is 0. The van der Waals surface area contributed by atoms with Gasteiger partial charge in [0.05, 0.1) is 11.0 Å². The molecule has 0 spiro atoms. The van der Waals surface area contributed by atoms with E-state index in [0.717, 1.165) is 61.2 Å². The Kier molecular flexibility index (Phi) is 7.54. The summed E-state index contributed by atoms with van der Waals surface area (Å²) in [5.74, 6) is 0. The molecule has 2 heterocycles. The van der Waals surface area contributed by atoms with Gasteiger partial charge in [0.1, 0.15) is 11.2 Å². The number of rotatable bonds is 6. The van der Waals surface area contributed by atoms with Crippen LogP contribution in [-0.2, 0) is 0 Å². The molecule has 0 N–H and O–H groups in total. The van der Waals surface area contributed by atoms with Gasteiger partial charge in [-0.25, -0.2) is 0 Å². The lowest BCUT2D eigenvalue weighted by Crippen LogP contribution is -2.09. The molecule has 3 nitrogen and oxygen atoms in total. The highest BCUT2D eigenvalue weighted by molar-refractivity contribution is 6.15. The molecule has 0 amide bonds. The van der Waals surface area contributed by atoms with Gasteiger partial charge in [-0.2, -0.15) is 0 Å². The minimum absolute atomic E-state index is 0.866. The van der Waals surface area contributed by atoms with Crippen molar-refractivity contribution in [2.45, 2.75) is 0 Å². The minimum Gasteiger partial charge on any atom is -0.455 e. The van der Waals surface area contributed by atoms with Crippen LogP contribution < -0.4 is 4.90 Å². The average molecular weight is 753 g/mol. The lowest BCUT2D eigenvalue weighted by molar-refractivity contribution is 0.672. The number of benzene rings is 10.